The molecule has 5 aromatic rings. The van der Waals surface area contributed by atoms with E-state index in [2.05, 4.69) is 31.5 Å². The van der Waals surface area contributed by atoms with Crippen LogP contribution in [0.15, 0.2) is 95.6 Å². The van der Waals surface area contributed by atoms with Crippen LogP contribution in [0, 0.1) is 0 Å². The predicted octanol–water partition coefficient (Wildman–Crippen LogP) is 6.76. The van der Waals surface area contributed by atoms with Gasteiger partial charge in [0.1, 0.15) is 11.6 Å². The van der Waals surface area contributed by atoms with E-state index in [1.165, 1.54) is 0 Å². The van der Waals surface area contributed by atoms with Gasteiger partial charge in [0.25, 0.3) is 11.8 Å². The zero-order valence-electron chi connectivity index (χ0n) is 27.6. The van der Waals surface area contributed by atoms with Crippen molar-refractivity contribution >= 4 is 67.1 Å². The number of piperazine rings is 1. The standard InChI is InChI=1S/C38H38BrN5O5/c1-38(2,3)49-37(48)44-18-16-43(17-19-44)36(47)33(21-27-23-40-31-11-7-6-10-29(27)31)42-35(46)30-22-28(39)14-15-32(30)41-34(45)26-13-12-24-8-4-5-9-25(24)20-26/h4-15,20,22-23,33,40H,16-19,21H2,1-3H3,(H,41,45)(H,42,46)/t33-/m0/s1. The molecule has 4 amide bonds. The molecule has 49 heavy (non-hydrogen) atoms. The summed E-state index contributed by atoms with van der Waals surface area (Å²) in [6, 6.07) is 25.1. The van der Waals surface area contributed by atoms with Crippen LogP contribution < -0.4 is 10.6 Å². The van der Waals surface area contributed by atoms with Crippen molar-refractivity contribution in [2.75, 3.05) is 31.5 Å². The van der Waals surface area contributed by atoms with Crippen LogP contribution in [0.1, 0.15) is 47.1 Å². The van der Waals surface area contributed by atoms with E-state index in [4.69, 9.17) is 4.74 Å². The Hall–Kier alpha value is -5.16. The molecule has 1 aliphatic rings. The number of para-hydroxylation sites is 1. The average Bonchev–Trinajstić information content (AvgIpc) is 3.50. The second-order valence-corrected chi connectivity index (χ2v) is 14.0. The summed E-state index contributed by atoms with van der Waals surface area (Å²) in [5.74, 6) is -1.14. The van der Waals surface area contributed by atoms with Gasteiger partial charge in [-0.2, -0.15) is 0 Å². The van der Waals surface area contributed by atoms with Crippen LogP contribution in [-0.4, -0.2) is 76.4 Å². The number of nitrogens with zero attached hydrogens (tertiary/aromatic N) is 2. The molecule has 0 bridgehead atoms. The highest BCUT2D eigenvalue weighted by Crippen LogP contribution is 2.25. The predicted molar refractivity (Wildman–Crippen MR) is 194 cm³/mol. The summed E-state index contributed by atoms with van der Waals surface area (Å²) >= 11 is 3.46. The molecule has 252 valence electrons. The normalized spacial score (nSPS) is 14.0. The number of ether oxygens (including phenoxy) is 1. The minimum atomic E-state index is -0.928. The third-order valence-electron chi connectivity index (χ3n) is 8.43. The number of aromatic amines is 1. The SMILES string of the molecule is CC(C)(C)OC(=O)N1CCN(C(=O)[C@H](Cc2c[nH]c3ccccc23)NC(=O)c2cc(Br)ccc2NC(=O)c2ccc3ccccc3c2)CC1. The van der Waals surface area contributed by atoms with E-state index >= 15 is 0 Å². The minimum Gasteiger partial charge on any atom is -0.444 e. The van der Waals surface area contributed by atoms with Gasteiger partial charge in [-0.25, -0.2) is 4.79 Å². The maximum absolute atomic E-state index is 14.1. The topological polar surface area (TPSA) is 124 Å². The number of rotatable bonds is 7. The lowest BCUT2D eigenvalue weighted by Crippen LogP contribution is -2.56. The molecule has 0 radical (unpaired) electrons. The Labute approximate surface area is 292 Å². The molecule has 1 saturated heterocycles. The number of carbonyl (C=O) groups is 4. The van der Waals surface area contributed by atoms with E-state index in [1.54, 1.807) is 34.1 Å². The molecular weight excluding hydrogens is 686 g/mol. The number of fused-ring (bicyclic) bond motifs is 2. The van der Waals surface area contributed by atoms with Crippen molar-refractivity contribution in [2.24, 2.45) is 0 Å². The number of nitrogens with one attached hydrogen (secondary N) is 3. The average molecular weight is 725 g/mol. The number of amides is 4. The summed E-state index contributed by atoms with van der Waals surface area (Å²) < 4.78 is 6.16. The third-order valence-corrected chi connectivity index (χ3v) is 8.92. The highest BCUT2D eigenvalue weighted by Gasteiger charge is 2.33. The zero-order valence-corrected chi connectivity index (χ0v) is 29.2. The Morgan fingerprint density at radius 3 is 2.29 bits per heavy atom. The summed E-state index contributed by atoms with van der Waals surface area (Å²) in [6.07, 6.45) is 1.66. The van der Waals surface area contributed by atoms with Crippen molar-refractivity contribution in [2.45, 2.75) is 38.8 Å². The van der Waals surface area contributed by atoms with Crippen LogP contribution in [0.5, 0.6) is 0 Å². The number of hydrogen-bond acceptors (Lipinski definition) is 5. The lowest BCUT2D eigenvalue weighted by molar-refractivity contribution is -0.135. The molecule has 0 unspecified atom stereocenters. The molecule has 0 saturated carbocycles. The molecule has 1 atom stereocenters. The van der Waals surface area contributed by atoms with Gasteiger partial charge in [0.15, 0.2) is 0 Å². The van der Waals surface area contributed by atoms with Gasteiger partial charge >= 0.3 is 6.09 Å². The van der Waals surface area contributed by atoms with Crippen molar-refractivity contribution in [3.05, 3.63) is 112 Å². The quantitative estimate of drug-likeness (QED) is 0.171. The molecule has 4 aromatic carbocycles. The minimum absolute atomic E-state index is 0.204. The van der Waals surface area contributed by atoms with Crippen molar-refractivity contribution < 1.29 is 23.9 Å². The van der Waals surface area contributed by atoms with Gasteiger partial charge in [-0.05, 0) is 73.5 Å². The van der Waals surface area contributed by atoms with Crippen LogP contribution in [0.25, 0.3) is 21.7 Å². The van der Waals surface area contributed by atoms with E-state index in [0.29, 0.717) is 41.9 Å². The summed E-state index contributed by atoms with van der Waals surface area (Å²) in [5.41, 5.74) is 2.13. The fraction of sp³-hybridized carbons (Fsp3) is 0.263. The maximum atomic E-state index is 14.1. The number of carbonyl (C=O) groups excluding carboxylic acids is 4. The van der Waals surface area contributed by atoms with Gasteiger partial charge in [-0.15, -0.1) is 0 Å². The lowest BCUT2D eigenvalue weighted by Gasteiger charge is -2.37. The summed E-state index contributed by atoms with van der Waals surface area (Å²) in [4.78, 5) is 60.7. The molecule has 1 aliphatic heterocycles. The van der Waals surface area contributed by atoms with Gasteiger partial charge in [0.05, 0.1) is 11.3 Å². The van der Waals surface area contributed by atoms with Crippen LogP contribution in [0.4, 0.5) is 10.5 Å². The van der Waals surface area contributed by atoms with Crippen molar-refractivity contribution in [1.29, 1.82) is 0 Å². The Morgan fingerprint density at radius 2 is 1.53 bits per heavy atom. The molecule has 2 heterocycles. The van der Waals surface area contributed by atoms with Gasteiger partial charge in [0, 0.05) is 59.7 Å². The van der Waals surface area contributed by atoms with Crippen molar-refractivity contribution in [3.8, 4) is 0 Å². The van der Waals surface area contributed by atoms with E-state index in [0.717, 1.165) is 27.2 Å². The van der Waals surface area contributed by atoms with E-state index in [-0.39, 0.29) is 23.8 Å². The second kappa shape index (κ2) is 14.1. The van der Waals surface area contributed by atoms with Gasteiger partial charge in [0.2, 0.25) is 5.91 Å². The number of anilines is 1. The zero-order chi connectivity index (χ0) is 34.7. The number of benzene rings is 4. The Kier molecular flexibility index (Phi) is 9.73. The van der Waals surface area contributed by atoms with E-state index < -0.39 is 23.6 Å². The number of hydrogen-bond donors (Lipinski definition) is 3. The molecule has 6 rings (SSSR count). The fourth-order valence-electron chi connectivity index (χ4n) is 5.95. The first-order valence-corrected chi connectivity index (χ1v) is 17.0. The maximum Gasteiger partial charge on any atom is 0.410 e. The first-order valence-electron chi connectivity index (χ1n) is 16.2. The largest absolute Gasteiger partial charge is 0.444 e. The van der Waals surface area contributed by atoms with E-state index in [1.807, 2.05) is 87.6 Å². The monoisotopic (exact) mass is 723 g/mol. The first-order chi connectivity index (χ1) is 23.4. The lowest BCUT2D eigenvalue weighted by atomic mass is 10.0. The first kappa shape index (κ1) is 33.7. The summed E-state index contributed by atoms with van der Waals surface area (Å²) in [6.45, 7) is 6.65. The number of aromatic nitrogens is 1. The molecule has 1 aromatic heterocycles. The number of halogens is 1. The van der Waals surface area contributed by atoms with Crippen LogP contribution >= 0.6 is 15.9 Å². The third kappa shape index (κ3) is 7.94. The highest BCUT2D eigenvalue weighted by atomic mass is 79.9. The van der Waals surface area contributed by atoms with Crippen molar-refractivity contribution in [1.82, 2.24) is 20.1 Å². The number of H-pyrrole nitrogens is 1. The molecule has 11 heteroatoms. The molecule has 1 fully saturated rings. The smallest absolute Gasteiger partial charge is 0.410 e. The van der Waals surface area contributed by atoms with Crippen LogP contribution in [0.2, 0.25) is 0 Å². The molecule has 10 nitrogen and oxygen atoms in total. The van der Waals surface area contributed by atoms with Crippen LogP contribution in [-0.2, 0) is 16.0 Å². The van der Waals surface area contributed by atoms with Gasteiger partial charge in [-0.1, -0.05) is 64.5 Å². The van der Waals surface area contributed by atoms with Gasteiger partial charge < -0.3 is 30.2 Å². The van der Waals surface area contributed by atoms with Crippen LogP contribution in [0.3, 0.4) is 0 Å². The Balaban J connectivity index is 1.23. The molecule has 3 N–H and O–H groups in total. The second-order valence-electron chi connectivity index (χ2n) is 13.1. The molecular formula is C38H38BrN5O5. The fourth-order valence-corrected chi connectivity index (χ4v) is 6.31. The highest BCUT2D eigenvalue weighted by molar-refractivity contribution is 9.10. The van der Waals surface area contributed by atoms with Gasteiger partial charge in [-0.3, -0.25) is 14.4 Å². The molecule has 0 aliphatic carbocycles. The Bertz CT molecular complexity index is 2040. The van der Waals surface area contributed by atoms with Crippen molar-refractivity contribution in [3.63, 3.8) is 0 Å². The Morgan fingerprint density at radius 1 is 0.837 bits per heavy atom. The summed E-state index contributed by atoms with van der Waals surface area (Å²) in [5, 5.41) is 8.77. The summed E-state index contributed by atoms with van der Waals surface area (Å²) in [7, 11) is 0. The van der Waals surface area contributed by atoms with E-state index in [9.17, 15) is 19.2 Å². The molecule has 0 spiro atoms.